The van der Waals surface area contributed by atoms with Gasteiger partial charge in [-0.15, -0.1) is 0 Å². The Kier molecular flexibility index (Phi) is 11.6. The van der Waals surface area contributed by atoms with Crippen LogP contribution in [0, 0.1) is 26.7 Å². The number of rotatable bonds is 10. The lowest BCUT2D eigenvalue weighted by Crippen LogP contribution is -2.54. The summed E-state index contributed by atoms with van der Waals surface area (Å²) in [6.07, 6.45) is 0.856. The van der Waals surface area contributed by atoms with Crippen molar-refractivity contribution in [2.45, 2.75) is 106 Å². The summed E-state index contributed by atoms with van der Waals surface area (Å²) in [6.45, 7) is 18.9. The van der Waals surface area contributed by atoms with E-state index < -0.39 is 23.8 Å². The number of nitrogens with one attached hydrogen (secondary N) is 2. The number of hydrogen-bond acceptors (Lipinski definition) is 4. The molecule has 3 atom stereocenters. The first-order valence-corrected chi connectivity index (χ1v) is 14.3. The summed E-state index contributed by atoms with van der Waals surface area (Å²) in [7, 11) is 0. The summed E-state index contributed by atoms with van der Waals surface area (Å²) in [4.78, 5) is 42.7. The van der Waals surface area contributed by atoms with Gasteiger partial charge in [-0.1, -0.05) is 55.8 Å². The van der Waals surface area contributed by atoms with Gasteiger partial charge in [-0.05, 0) is 102 Å². The van der Waals surface area contributed by atoms with Gasteiger partial charge >= 0.3 is 6.09 Å². The average Bonchev–Trinajstić information content (AvgIpc) is 2.82. The highest BCUT2D eigenvalue weighted by molar-refractivity contribution is 6.34. The Morgan fingerprint density at radius 2 is 1.45 bits per heavy atom. The third-order valence-corrected chi connectivity index (χ3v) is 7.12. The number of para-hydroxylation sites is 1. The predicted octanol–water partition coefficient (Wildman–Crippen LogP) is 7.51. The number of carbonyl (C=O) groups is 3. The van der Waals surface area contributed by atoms with Gasteiger partial charge in [-0.25, -0.2) is 4.79 Å². The van der Waals surface area contributed by atoms with E-state index in [1.165, 1.54) is 0 Å². The van der Waals surface area contributed by atoms with Crippen molar-refractivity contribution in [1.29, 1.82) is 0 Å². The Morgan fingerprint density at radius 1 is 0.900 bits per heavy atom. The van der Waals surface area contributed by atoms with Gasteiger partial charge in [0.1, 0.15) is 17.7 Å². The number of hydrogen-bond donors (Lipinski definition) is 2. The van der Waals surface area contributed by atoms with Gasteiger partial charge in [0.25, 0.3) is 5.91 Å². The van der Waals surface area contributed by atoms with Crippen molar-refractivity contribution in [3.63, 3.8) is 0 Å². The molecule has 0 saturated heterocycles. The molecular weight excluding hydrogens is 526 g/mol. The lowest BCUT2D eigenvalue weighted by atomic mass is 9.91. The van der Waals surface area contributed by atoms with E-state index in [9.17, 15) is 14.4 Å². The molecule has 0 heterocycles. The fourth-order valence-corrected chi connectivity index (χ4v) is 4.99. The minimum Gasteiger partial charge on any atom is -0.444 e. The predicted molar refractivity (Wildman–Crippen MR) is 163 cm³/mol. The van der Waals surface area contributed by atoms with Gasteiger partial charge in [0.05, 0.1) is 10.7 Å². The zero-order valence-corrected chi connectivity index (χ0v) is 26.4. The topological polar surface area (TPSA) is 87.7 Å². The van der Waals surface area contributed by atoms with Crippen LogP contribution in [0.3, 0.4) is 0 Å². The maximum Gasteiger partial charge on any atom is 0.408 e. The molecule has 2 aromatic rings. The number of nitrogens with zero attached hydrogens (tertiary/aromatic N) is 1. The van der Waals surface area contributed by atoms with Crippen LogP contribution >= 0.6 is 11.6 Å². The number of benzene rings is 2. The fourth-order valence-electron chi connectivity index (χ4n) is 4.72. The molecule has 220 valence electrons. The largest absolute Gasteiger partial charge is 0.444 e. The Morgan fingerprint density at radius 3 is 1.98 bits per heavy atom. The van der Waals surface area contributed by atoms with Crippen molar-refractivity contribution in [1.82, 2.24) is 10.2 Å². The van der Waals surface area contributed by atoms with Crippen LogP contribution in [0.15, 0.2) is 36.4 Å². The molecule has 2 rings (SSSR count). The second kappa shape index (κ2) is 14.0. The van der Waals surface area contributed by atoms with Crippen molar-refractivity contribution in [2.75, 3.05) is 5.32 Å². The van der Waals surface area contributed by atoms with Crippen LogP contribution in [0.5, 0.6) is 0 Å². The smallest absolute Gasteiger partial charge is 0.408 e. The van der Waals surface area contributed by atoms with Crippen LogP contribution in [-0.4, -0.2) is 40.5 Å². The summed E-state index contributed by atoms with van der Waals surface area (Å²) in [5, 5.41) is 6.11. The summed E-state index contributed by atoms with van der Waals surface area (Å²) in [5.41, 5.74) is 3.12. The van der Waals surface area contributed by atoms with E-state index in [-0.39, 0.29) is 17.9 Å². The number of ether oxygens (including phenoxy) is 1. The van der Waals surface area contributed by atoms with Crippen LogP contribution in [0.4, 0.5) is 10.5 Å². The highest BCUT2D eigenvalue weighted by atomic mass is 35.5. The minimum absolute atomic E-state index is 0.306. The van der Waals surface area contributed by atoms with E-state index in [0.29, 0.717) is 23.0 Å². The van der Waals surface area contributed by atoms with Gasteiger partial charge < -0.3 is 20.3 Å². The quantitative estimate of drug-likeness (QED) is 0.309. The normalized spacial score (nSPS) is 13.8. The summed E-state index contributed by atoms with van der Waals surface area (Å²) >= 11 is 6.48. The van der Waals surface area contributed by atoms with Gasteiger partial charge in [-0.2, -0.15) is 0 Å². The number of alkyl carbamates (subject to hydrolysis) is 1. The van der Waals surface area contributed by atoms with Gasteiger partial charge in [0.15, 0.2) is 0 Å². The zero-order chi connectivity index (χ0) is 30.4. The van der Waals surface area contributed by atoms with Crippen LogP contribution < -0.4 is 10.6 Å². The van der Waals surface area contributed by atoms with Gasteiger partial charge in [-0.3, -0.25) is 9.59 Å². The molecule has 0 saturated carbocycles. The van der Waals surface area contributed by atoms with Crippen LogP contribution in [0.2, 0.25) is 5.02 Å². The van der Waals surface area contributed by atoms with Gasteiger partial charge in [0, 0.05) is 6.04 Å². The zero-order valence-electron chi connectivity index (χ0n) is 25.6. The highest BCUT2D eigenvalue weighted by Crippen LogP contribution is 2.34. The third kappa shape index (κ3) is 8.98. The Bertz CT molecular complexity index is 1160. The van der Waals surface area contributed by atoms with E-state index in [0.717, 1.165) is 28.7 Å². The number of aryl methyl sites for hydroxylation is 3. The number of amides is 3. The second-order valence-corrected chi connectivity index (χ2v) is 12.5. The average molecular weight is 572 g/mol. The maximum absolute atomic E-state index is 14.3. The van der Waals surface area contributed by atoms with E-state index in [1.807, 2.05) is 58.0 Å². The maximum atomic E-state index is 14.3. The first-order valence-electron chi connectivity index (χ1n) is 14.0. The molecule has 0 aliphatic rings. The molecule has 40 heavy (non-hydrogen) atoms. The first kappa shape index (κ1) is 33.1. The molecule has 0 spiro atoms. The van der Waals surface area contributed by atoms with E-state index >= 15 is 0 Å². The molecule has 0 aliphatic carbocycles. The Balaban J connectivity index is 2.64. The molecule has 7 nitrogen and oxygen atoms in total. The third-order valence-electron chi connectivity index (χ3n) is 6.81. The van der Waals surface area contributed by atoms with Crippen LogP contribution in [0.1, 0.15) is 89.6 Å². The summed E-state index contributed by atoms with van der Waals surface area (Å²) in [6, 6.07) is 9.02. The van der Waals surface area contributed by atoms with Crippen molar-refractivity contribution < 1.29 is 19.1 Å². The molecular formula is C32H46ClN3O4. The number of carbonyl (C=O) groups excluding carboxylic acids is 3. The molecule has 8 heteroatoms. The fraction of sp³-hybridized carbons (Fsp3) is 0.531. The molecule has 0 fully saturated rings. The molecule has 0 radical (unpaired) electrons. The number of anilines is 1. The summed E-state index contributed by atoms with van der Waals surface area (Å²) in [5.74, 6) is -0.335. The molecule has 2 aromatic carbocycles. The first-order chi connectivity index (χ1) is 18.5. The Hall–Kier alpha value is -3.06. The lowest BCUT2D eigenvalue weighted by Gasteiger charge is -2.39. The molecule has 3 unspecified atom stereocenters. The van der Waals surface area contributed by atoms with E-state index in [1.54, 1.807) is 38.7 Å². The summed E-state index contributed by atoms with van der Waals surface area (Å²) < 4.78 is 5.40. The van der Waals surface area contributed by atoms with Crippen LogP contribution in [-0.2, 0) is 14.3 Å². The number of halogens is 1. The molecule has 0 aliphatic heterocycles. The lowest BCUT2D eigenvalue weighted by molar-refractivity contribution is -0.143. The monoisotopic (exact) mass is 571 g/mol. The van der Waals surface area contributed by atoms with Crippen molar-refractivity contribution >= 4 is 35.2 Å². The highest BCUT2D eigenvalue weighted by Gasteiger charge is 2.39. The van der Waals surface area contributed by atoms with Gasteiger partial charge in [0.2, 0.25) is 5.91 Å². The van der Waals surface area contributed by atoms with E-state index in [4.69, 9.17) is 16.3 Å². The minimum atomic E-state index is -0.963. The SMILES string of the molecule is Cc1cccc(Cl)c1NC(=O)C(c1c(C)cccc1C)N(C(=O)C(C)NC(=O)OC(C)(C)C)C(C)CCC(C)C. The standard InChI is InChI=1S/C32H46ClN3O4/c1-19(2)17-18-23(6)36(30(38)24(7)34-31(39)40-32(8,9)10)28(26-20(3)13-11-14-21(26)4)29(37)35-27-22(5)15-12-16-25(27)33/h11-16,19,23-24,28H,17-18H2,1-10H3,(H,34,39)(H,35,37). The van der Waals surface area contributed by atoms with Crippen molar-refractivity contribution in [2.24, 2.45) is 5.92 Å². The van der Waals surface area contributed by atoms with E-state index in [2.05, 4.69) is 24.5 Å². The molecule has 0 bridgehead atoms. The molecule has 0 aromatic heterocycles. The Labute approximate surface area is 245 Å². The molecule has 2 N–H and O–H groups in total. The van der Waals surface area contributed by atoms with Crippen molar-refractivity contribution in [3.05, 3.63) is 63.7 Å². The molecule has 3 amide bonds. The van der Waals surface area contributed by atoms with Crippen LogP contribution in [0.25, 0.3) is 0 Å². The van der Waals surface area contributed by atoms with Crippen molar-refractivity contribution in [3.8, 4) is 0 Å². The second-order valence-electron chi connectivity index (χ2n) is 12.1.